The van der Waals surface area contributed by atoms with Gasteiger partial charge in [-0.25, -0.2) is 13.4 Å². The Morgan fingerprint density at radius 2 is 1.59 bits per heavy atom. The van der Waals surface area contributed by atoms with Crippen molar-refractivity contribution in [2.24, 2.45) is 0 Å². The van der Waals surface area contributed by atoms with Crippen LogP contribution < -0.4 is 15.2 Å². The Kier molecular flexibility index (Phi) is 6.41. The normalized spacial score (nSPS) is 11.0. The number of nitrogens with one attached hydrogen (secondary N) is 1. The average molecular weight is 491 g/mol. The predicted octanol–water partition coefficient (Wildman–Crippen LogP) is 5.33. The summed E-state index contributed by atoms with van der Waals surface area (Å²) in [7, 11) is -2.18. The lowest BCUT2D eigenvalue weighted by Gasteiger charge is -2.12. The number of hydrogen-bond donors (Lipinski definition) is 2. The van der Waals surface area contributed by atoms with Crippen molar-refractivity contribution in [2.75, 3.05) is 17.6 Å². The van der Waals surface area contributed by atoms with Gasteiger partial charge in [0.25, 0.3) is 10.0 Å². The number of nitrogens with zero attached hydrogens (tertiary/aromatic N) is 2. The Bertz CT molecular complexity index is 1480. The van der Waals surface area contributed by atoms with Crippen LogP contribution in [0, 0.1) is 11.3 Å². The van der Waals surface area contributed by atoms with Crippen LogP contribution in [-0.4, -0.2) is 20.5 Å². The van der Waals surface area contributed by atoms with Crippen LogP contribution in [0.4, 0.5) is 11.5 Å². The number of anilines is 2. The predicted molar refractivity (Wildman–Crippen MR) is 133 cm³/mol. The lowest BCUT2D eigenvalue weighted by atomic mass is 9.98. The Hall–Kier alpha value is -4.06. The van der Waals surface area contributed by atoms with Crippen LogP contribution >= 0.6 is 11.6 Å². The van der Waals surface area contributed by atoms with E-state index in [1.54, 1.807) is 49.6 Å². The summed E-state index contributed by atoms with van der Waals surface area (Å²) in [5, 5.41) is 10.1. The number of pyridine rings is 1. The van der Waals surface area contributed by atoms with Gasteiger partial charge in [0.2, 0.25) is 0 Å². The van der Waals surface area contributed by atoms with E-state index in [4.69, 9.17) is 22.1 Å². The van der Waals surface area contributed by atoms with Gasteiger partial charge in [-0.2, -0.15) is 5.26 Å². The first-order chi connectivity index (χ1) is 16.3. The summed E-state index contributed by atoms with van der Waals surface area (Å²) in [6, 6.07) is 23.8. The zero-order chi connectivity index (χ0) is 24.3. The average Bonchev–Trinajstić information content (AvgIpc) is 2.84. The number of benzene rings is 3. The van der Waals surface area contributed by atoms with Crippen molar-refractivity contribution in [3.05, 3.63) is 89.4 Å². The molecule has 0 spiro atoms. The number of nitrogens with two attached hydrogens (primary N) is 1. The second-order valence-electron chi connectivity index (χ2n) is 7.29. The molecule has 34 heavy (non-hydrogen) atoms. The van der Waals surface area contributed by atoms with Gasteiger partial charge in [-0.15, -0.1) is 0 Å². The number of nitriles is 1. The van der Waals surface area contributed by atoms with Crippen molar-refractivity contribution in [1.82, 2.24) is 4.98 Å². The van der Waals surface area contributed by atoms with Gasteiger partial charge in [0.1, 0.15) is 23.2 Å². The van der Waals surface area contributed by atoms with E-state index >= 15 is 0 Å². The third kappa shape index (κ3) is 4.81. The van der Waals surface area contributed by atoms with E-state index in [0.717, 1.165) is 5.56 Å². The van der Waals surface area contributed by atoms with Crippen LogP contribution in [0.1, 0.15) is 5.56 Å². The van der Waals surface area contributed by atoms with Gasteiger partial charge in [0, 0.05) is 21.8 Å². The minimum Gasteiger partial charge on any atom is -0.497 e. The van der Waals surface area contributed by atoms with Crippen LogP contribution in [0.5, 0.6) is 5.75 Å². The van der Waals surface area contributed by atoms with Gasteiger partial charge >= 0.3 is 0 Å². The first kappa shape index (κ1) is 23.1. The van der Waals surface area contributed by atoms with E-state index in [1.165, 1.54) is 24.3 Å². The molecule has 9 heteroatoms. The molecule has 3 aromatic carbocycles. The second kappa shape index (κ2) is 9.43. The third-order valence-electron chi connectivity index (χ3n) is 5.12. The molecular weight excluding hydrogens is 472 g/mol. The number of halogens is 1. The zero-order valence-corrected chi connectivity index (χ0v) is 19.6. The minimum absolute atomic E-state index is 0.103. The fourth-order valence-electron chi connectivity index (χ4n) is 3.37. The standard InChI is InChI=1S/C25H19ClN4O3S/c1-33-20-10-4-16(5-11-20)22-14-24(29-25(28)23(22)15-27)17-2-8-19(9-3-17)30-34(31,32)21-12-6-18(26)7-13-21/h2-14,30H,1H3,(H2,28,29). The summed E-state index contributed by atoms with van der Waals surface area (Å²) in [4.78, 5) is 4.48. The second-order valence-corrected chi connectivity index (χ2v) is 9.41. The first-order valence-electron chi connectivity index (χ1n) is 10.0. The quantitative estimate of drug-likeness (QED) is 0.377. The first-order valence-corrected chi connectivity index (χ1v) is 11.9. The number of sulfonamides is 1. The molecule has 1 heterocycles. The number of hydrogen-bond acceptors (Lipinski definition) is 6. The largest absolute Gasteiger partial charge is 0.497 e. The van der Waals surface area contributed by atoms with Gasteiger partial charge in [0.15, 0.2) is 0 Å². The smallest absolute Gasteiger partial charge is 0.261 e. The molecule has 0 fully saturated rings. The van der Waals surface area contributed by atoms with Crippen molar-refractivity contribution in [2.45, 2.75) is 4.90 Å². The molecule has 0 aliphatic rings. The molecule has 0 unspecified atom stereocenters. The molecule has 0 amide bonds. The maximum atomic E-state index is 12.6. The van der Waals surface area contributed by atoms with Crippen molar-refractivity contribution in [1.29, 1.82) is 5.26 Å². The monoisotopic (exact) mass is 490 g/mol. The van der Waals surface area contributed by atoms with E-state index in [2.05, 4.69) is 15.8 Å². The minimum atomic E-state index is -3.76. The highest BCUT2D eigenvalue weighted by Crippen LogP contribution is 2.32. The summed E-state index contributed by atoms with van der Waals surface area (Å²) in [5.41, 5.74) is 9.45. The topological polar surface area (TPSA) is 118 Å². The molecule has 170 valence electrons. The molecule has 0 radical (unpaired) electrons. The highest BCUT2D eigenvalue weighted by atomic mass is 35.5. The van der Waals surface area contributed by atoms with Crippen LogP contribution in [0.3, 0.4) is 0 Å². The molecule has 0 aliphatic carbocycles. The fraction of sp³-hybridized carbons (Fsp3) is 0.0400. The molecule has 3 N–H and O–H groups in total. The van der Waals surface area contributed by atoms with Crippen molar-refractivity contribution in [3.63, 3.8) is 0 Å². The Labute approximate surface area is 202 Å². The van der Waals surface area contributed by atoms with Gasteiger partial charge in [-0.05, 0) is 60.2 Å². The van der Waals surface area contributed by atoms with Crippen LogP contribution in [0.25, 0.3) is 22.4 Å². The van der Waals surface area contributed by atoms with E-state index < -0.39 is 10.0 Å². The molecule has 0 saturated carbocycles. The van der Waals surface area contributed by atoms with Crippen molar-refractivity contribution in [3.8, 4) is 34.2 Å². The summed E-state index contributed by atoms with van der Waals surface area (Å²) in [5.74, 6) is 0.805. The van der Waals surface area contributed by atoms with Gasteiger partial charge in [0.05, 0.1) is 17.7 Å². The van der Waals surface area contributed by atoms with Gasteiger partial charge in [-0.3, -0.25) is 4.72 Å². The molecule has 1 aromatic heterocycles. The number of aromatic nitrogens is 1. The maximum absolute atomic E-state index is 12.6. The molecule has 7 nitrogen and oxygen atoms in total. The molecule has 0 aliphatic heterocycles. The van der Waals surface area contributed by atoms with Gasteiger partial charge < -0.3 is 10.5 Å². The lowest BCUT2D eigenvalue weighted by molar-refractivity contribution is 0.415. The highest BCUT2D eigenvalue weighted by molar-refractivity contribution is 7.92. The van der Waals surface area contributed by atoms with E-state index in [9.17, 15) is 13.7 Å². The maximum Gasteiger partial charge on any atom is 0.261 e. The Balaban J connectivity index is 1.65. The summed E-state index contributed by atoms with van der Waals surface area (Å²) >= 11 is 5.84. The number of nitrogen functional groups attached to an aromatic ring is 1. The molecule has 4 rings (SSSR count). The molecule has 0 atom stereocenters. The fourth-order valence-corrected chi connectivity index (χ4v) is 4.55. The van der Waals surface area contributed by atoms with Crippen LogP contribution in [0.15, 0.2) is 83.8 Å². The highest BCUT2D eigenvalue weighted by Gasteiger charge is 2.16. The summed E-state index contributed by atoms with van der Waals surface area (Å²) in [6.45, 7) is 0. The van der Waals surface area contributed by atoms with Gasteiger partial charge in [-0.1, -0.05) is 35.9 Å². The van der Waals surface area contributed by atoms with Crippen LogP contribution in [0.2, 0.25) is 5.02 Å². The Morgan fingerprint density at radius 1 is 0.971 bits per heavy atom. The van der Waals surface area contributed by atoms with Crippen molar-refractivity contribution >= 4 is 33.1 Å². The van der Waals surface area contributed by atoms with Crippen LogP contribution in [-0.2, 0) is 10.0 Å². The lowest BCUT2D eigenvalue weighted by Crippen LogP contribution is -2.12. The van der Waals surface area contributed by atoms with E-state index in [-0.39, 0.29) is 16.3 Å². The van der Waals surface area contributed by atoms with E-state index in [1.807, 2.05) is 12.1 Å². The summed E-state index contributed by atoms with van der Waals surface area (Å²) < 4.78 is 33.0. The van der Waals surface area contributed by atoms with Crippen molar-refractivity contribution < 1.29 is 13.2 Å². The van der Waals surface area contributed by atoms with E-state index in [0.29, 0.717) is 33.3 Å². The molecule has 0 bridgehead atoms. The third-order valence-corrected chi connectivity index (χ3v) is 6.77. The summed E-state index contributed by atoms with van der Waals surface area (Å²) in [6.07, 6.45) is 0. The molecule has 0 saturated heterocycles. The number of ether oxygens (including phenoxy) is 1. The molecular formula is C25H19ClN4O3S. The molecule has 4 aromatic rings. The number of rotatable bonds is 6. The SMILES string of the molecule is COc1ccc(-c2cc(-c3ccc(NS(=O)(=O)c4ccc(Cl)cc4)cc3)nc(N)c2C#N)cc1. The number of methoxy groups -OCH3 is 1. The zero-order valence-electron chi connectivity index (χ0n) is 18.0. The Morgan fingerprint density at radius 3 is 2.18 bits per heavy atom.